The second kappa shape index (κ2) is 12.5. The van der Waals surface area contributed by atoms with Crippen LogP contribution in [0.3, 0.4) is 0 Å². The standard InChI is InChI=1S/C20H35N3O3S.HI/c1-7-21-19(23-14-15-27(24,25)20(3,4)5)22-13-12-16(2)17-8-10-18(26-6)11-9-17;/h8-11,16H,7,12-15H2,1-6H3,(H2,21,22,23);1H. The minimum Gasteiger partial charge on any atom is -0.497 e. The highest BCUT2D eigenvalue weighted by atomic mass is 127. The summed E-state index contributed by atoms with van der Waals surface area (Å²) in [6, 6.07) is 8.09. The third-order valence-electron chi connectivity index (χ3n) is 4.46. The quantitative estimate of drug-likeness (QED) is 0.293. The van der Waals surface area contributed by atoms with Gasteiger partial charge < -0.3 is 15.4 Å². The first-order valence-corrected chi connectivity index (χ1v) is 11.1. The fourth-order valence-corrected chi connectivity index (χ4v) is 3.40. The van der Waals surface area contributed by atoms with Gasteiger partial charge in [0.25, 0.3) is 0 Å². The number of halogens is 1. The van der Waals surface area contributed by atoms with Gasteiger partial charge >= 0.3 is 0 Å². The van der Waals surface area contributed by atoms with Crippen LogP contribution in [0.1, 0.15) is 52.5 Å². The van der Waals surface area contributed by atoms with E-state index < -0.39 is 14.6 Å². The number of hydrogen-bond donors (Lipinski definition) is 2. The van der Waals surface area contributed by atoms with E-state index in [2.05, 4.69) is 34.7 Å². The molecular weight excluding hydrogens is 489 g/mol. The van der Waals surface area contributed by atoms with Gasteiger partial charge in [-0.3, -0.25) is 4.99 Å². The van der Waals surface area contributed by atoms with Crippen molar-refractivity contribution in [3.8, 4) is 5.75 Å². The van der Waals surface area contributed by atoms with E-state index in [1.54, 1.807) is 27.9 Å². The van der Waals surface area contributed by atoms with E-state index in [1.165, 1.54) is 5.56 Å². The van der Waals surface area contributed by atoms with Crippen LogP contribution in [0.4, 0.5) is 0 Å². The Morgan fingerprint density at radius 3 is 2.29 bits per heavy atom. The number of nitrogens with one attached hydrogen (secondary N) is 2. The van der Waals surface area contributed by atoms with Crippen LogP contribution in [0.25, 0.3) is 0 Å². The molecule has 0 radical (unpaired) electrons. The van der Waals surface area contributed by atoms with Crippen LogP contribution in [0.5, 0.6) is 5.75 Å². The fraction of sp³-hybridized carbons (Fsp3) is 0.650. The summed E-state index contributed by atoms with van der Waals surface area (Å²) in [7, 11) is -1.48. The first kappa shape index (κ1) is 27.0. The van der Waals surface area contributed by atoms with Gasteiger partial charge in [0, 0.05) is 19.6 Å². The van der Waals surface area contributed by atoms with Crippen molar-refractivity contribution in [3.63, 3.8) is 0 Å². The number of nitrogens with zero attached hydrogens (tertiary/aromatic N) is 1. The summed E-state index contributed by atoms with van der Waals surface area (Å²) < 4.78 is 28.8. The van der Waals surface area contributed by atoms with Crippen molar-refractivity contribution in [3.05, 3.63) is 29.8 Å². The summed E-state index contributed by atoms with van der Waals surface area (Å²) in [5.41, 5.74) is 1.25. The Balaban J connectivity index is 0.00000729. The Hall–Kier alpha value is -1.03. The van der Waals surface area contributed by atoms with Gasteiger partial charge in [0.1, 0.15) is 5.75 Å². The number of benzene rings is 1. The lowest BCUT2D eigenvalue weighted by Crippen LogP contribution is -2.41. The van der Waals surface area contributed by atoms with E-state index in [4.69, 9.17) is 4.74 Å². The van der Waals surface area contributed by atoms with Crippen molar-refractivity contribution < 1.29 is 13.2 Å². The number of methoxy groups -OCH3 is 1. The Kier molecular flexibility index (Phi) is 12.1. The normalized spacial score (nSPS) is 13.4. The molecule has 0 aliphatic rings. The lowest BCUT2D eigenvalue weighted by atomic mass is 9.98. The lowest BCUT2D eigenvalue weighted by Gasteiger charge is -2.20. The minimum atomic E-state index is -3.14. The van der Waals surface area contributed by atoms with E-state index in [1.807, 2.05) is 19.1 Å². The largest absolute Gasteiger partial charge is 0.497 e. The second-order valence-electron chi connectivity index (χ2n) is 7.58. The molecule has 1 rings (SSSR count). The first-order chi connectivity index (χ1) is 12.6. The summed E-state index contributed by atoms with van der Waals surface area (Å²) in [5.74, 6) is 1.98. The maximum absolute atomic E-state index is 12.2. The number of aliphatic imine (C=N–C) groups is 1. The van der Waals surface area contributed by atoms with Gasteiger partial charge in [-0.25, -0.2) is 8.42 Å². The van der Waals surface area contributed by atoms with E-state index in [-0.39, 0.29) is 29.7 Å². The average molecular weight is 525 g/mol. The van der Waals surface area contributed by atoms with Gasteiger partial charge in [0.15, 0.2) is 15.8 Å². The molecule has 0 saturated carbocycles. The zero-order valence-electron chi connectivity index (χ0n) is 17.9. The maximum atomic E-state index is 12.2. The summed E-state index contributed by atoms with van der Waals surface area (Å²) in [4.78, 5) is 4.57. The number of hydrogen-bond acceptors (Lipinski definition) is 4. The van der Waals surface area contributed by atoms with Gasteiger partial charge in [-0.15, -0.1) is 24.0 Å². The van der Waals surface area contributed by atoms with E-state index in [0.717, 1.165) is 18.7 Å². The number of guanidine groups is 1. The van der Waals surface area contributed by atoms with Crippen LogP contribution in [-0.4, -0.2) is 51.6 Å². The predicted octanol–water partition coefficient (Wildman–Crippen LogP) is 3.58. The first-order valence-electron chi connectivity index (χ1n) is 9.49. The summed E-state index contributed by atoms with van der Waals surface area (Å²) in [6.45, 7) is 11.1. The Labute approximate surface area is 187 Å². The SMILES string of the molecule is CCNC(=NCCC(C)c1ccc(OC)cc1)NCCS(=O)(=O)C(C)(C)C.I. The number of rotatable bonds is 9. The molecule has 1 unspecified atom stereocenters. The van der Waals surface area contributed by atoms with Crippen LogP contribution in [-0.2, 0) is 9.84 Å². The van der Waals surface area contributed by atoms with Gasteiger partial charge in [-0.1, -0.05) is 19.1 Å². The molecule has 8 heteroatoms. The molecule has 0 fully saturated rings. The molecule has 0 bridgehead atoms. The molecule has 0 amide bonds. The van der Waals surface area contributed by atoms with Crippen molar-refractivity contribution in [2.75, 3.05) is 32.5 Å². The third kappa shape index (κ3) is 8.98. The molecule has 0 aliphatic carbocycles. The molecule has 162 valence electrons. The third-order valence-corrected chi connectivity index (χ3v) is 7.06. The molecule has 28 heavy (non-hydrogen) atoms. The number of sulfone groups is 1. The molecule has 6 nitrogen and oxygen atoms in total. The molecule has 1 atom stereocenters. The van der Waals surface area contributed by atoms with Crippen molar-refractivity contribution >= 4 is 39.8 Å². The topological polar surface area (TPSA) is 79.8 Å². The van der Waals surface area contributed by atoms with Crippen LogP contribution >= 0.6 is 24.0 Å². The molecular formula is C20H36IN3O3S. The molecule has 1 aromatic carbocycles. The van der Waals surface area contributed by atoms with Crippen LogP contribution in [0, 0.1) is 0 Å². The Morgan fingerprint density at radius 2 is 1.79 bits per heavy atom. The Morgan fingerprint density at radius 1 is 1.18 bits per heavy atom. The average Bonchev–Trinajstić information content (AvgIpc) is 2.60. The fourth-order valence-electron chi connectivity index (χ4n) is 2.42. The van der Waals surface area contributed by atoms with Gasteiger partial charge in [-0.05, 0) is 57.7 Å². The smallest absolute Gasteiger partial charge is 0.191 e. The van der Waals surface area contributed by atoms with Crippen LogP contribution < -0.4 is 15.4 Å². The number of ether oxygens (including phenoxy) is 1. The molecule has 2 N–H and O–H groups in total. The van der Waals surface area contributed by atoms with Crippen LogP contribution in [0.2, 0.25) is 0 Å². The Bertz CT molecular complexity index is 698. The molecule has 0 heterocycles. The van der Waals surface area contributed by atoms with Crippen molar-refractivity contribution in [2.24, 2.45) is 4.99 Å². The highest BCUT2D eigenvalue weighted by Crippen LogP contribution is 2.21. The second-order valence-corrected chi connectivity index (χ2v) is 10.4. The maximum Gasteiger partial charge on any atom is 0.191 e. The monoisotopic (exact) mass is 525 g/mol. The highest BCUT2D eigenvalue weighted by Gasteiger charge is 2.28. The zero-order chi connectivity index (χ0) is 20.5. The molecule has 0 aliphatic heterocycles. The minimum absolute atomic E-state index is 0. The highest BCUT2D eigenvalue weighted by molar-refractivity contribution is 14.0. The summed E-state index contributed by atoms with van der Waals surface area (Å²) in [6.07, 6.45) is 0.906. The summed E-state index contributed by atoms with van der Waals surface area (Å²) >= 11 is 0. The van der Waals surface area contributed by atoms with Crippen molar-refractivity contribution in [1.82, 2.24) is 10.6 Å². The molecule has 1 aromatic rings. The van der Waals surface area contributed by atoms with E-state index in [0.29, 0.717) is 25.0 Å². The van der Waals surface area contributed by atoms with Crippen molar-refractivity contribution in [2.45, 2.75) is 51.7 Å². The van der Waals surface area contributed by atoms with E-state index >= 15 is 0 Å². The molecule has 0 spiro atoms. The van der Waals surface area contributed by atoms with Crippen LogP contribution in [0.15, 0.2) is 29.3 Å². The predicted molar refractivity (Wildman–Crippen MR) is 129 cm³/mol. The molecule has 0 saturated heterocycles. The zero-order valence-corrected chi connectivity index (χ0v) is 21.1. The summed E-state index contributed by atoms with van der Waals surface area (Å²) in [5, 5.41) is 6.28. The lowest BCUT2D eigenvalue weighted by molar-refractivity contribution is 0.414. The van der Waals surface area contributed by atoms with Crippen molar-refractivity contribution in [1.29, 1.82) is 0 Å². The van der Waals surface area contributed by atoms with Gasteiger partial charge in [0.05, 0.1) is 17.6 Å². The molecule has 0 aromatic heterocycles. The van der Waals surface area contributed by atoms with Gasteiger partial charge in [-0.2, -0.15) is 0 Å². The van der Waals surface area contributed by atoms with Gasteiger partial charge in [0.2, 0.25) is 0 Å². The van der Waals surface area contributed by atoms with E-state index in [9.17, 15) is 8.42 Å².